The van der Waals surface area contributed by atoms with E-state index in [9.17, 15) is 22.8 Å². The van der Waals surface area contributed by atoms with Gasteiger partial charge in [0.1, 0.15) is 0 Å². The lowest BCUT2D eigenvalue weighted by Gasteiger charge is -2.21. The van der Waals surface area contributed by atoms with Gasteiger partial charge in [-0.1, -0.05) is 13.8 Å². The van der Waals surface area contributed by atoms with Gasteiger partial charge in [-0.15, -0.1) is 0 Å². The van der Waals surface area contributed by atoms with Gasteiger partial charge in [-0.3, -0.25) is 14.9 Å². The van der Waals surface area contributed by atoms with Crippen LogP contribution in [0.4, 0.5) is 4.79 Å². The molecule has 0 bridgehead atoms. The number of nitrogens with two attached hydrogens (primary N) is 1. The first kappa shape index (κ1) is 18.3. The van der Waals surface area contributed by atoms with E-state index in [-0.39, 0.29) is 19.4 Å². The van der Waals surface area contributed by atoms with Crippen molar-refractivity contribution in [1.82, 2.24) is 10.6 Å². The average molecular weight is 309 g/mol. The van der Waals surface area contributed by atoms with Crippen LogP contribution in [0, 0.1) is 5.41 Å². The van der Waals surface area contributed by atoms with Gasteiger partial charge in [-0.2, -0.15) is 0 Å². The van der Waals surface area contributed by atoms with Crippen LogP contribution in [0.1, 0.15) is 26.7 Å². The van der Waals surface area contributed by atoms with Crippen LogP contribution in [0.5, 0.6) is 0 Å². The number of carbonyl (C=O) groups is 3. The van der Waals surface area contributed by atoms with E-state index in [1.54, 1.807) is 13.8 Å². The van der Waals surface area contributed by atoms with Crippen LogP contribution in [0.3, 0.4) is 0 Å². The molecular weight excluding hydrogens is 290 g/mol. The van der Waals surface area contributed by atoms with Gasteiger partial charge >= 0.3 is 12.0 Å². The molecule has 0 fully saturated rings. The first-order chi connectivity index (χ1) is 8.91. The first-order valence-electron chi connectivity index (χ1n) is 5.71. The van der Waals surface area contributed by atoms with Gasteiger partial charge in [-0.25, -0.2) is 18.4 Å². The maximum Gasteiger partial charge on any atom is 0.321 e. The largest absolute Gasteiger partial charge is 0.481 e. The summed E-state index contributed by atoms with van der Waals surface area (Å²) in [6, 6.07) is -0.857. The summed E-state index contributed by atoms with van der Waals surface area (Å²) in [5.74, 6) is -2.14. The molecule has 0 radical (unpaired) electrons. The zero-order chi connectivity index (χ0) is 16.0. The predicted octanol–water partition coefficient (Wildman–Crippen LogP) is -1.01. The number of imide groups is 1. The number of hydrogen-bond acceptors (Lipinski definition) is 5. The van der Waals surface area contributed by atoms with E-state index >= 15 is 0 Å². The van der Waals surface area contributed by atoms with E-state index in [2.05, 4.69) is 5.32 Å². The molecule has 0 aromatic rings. The molecule has 0 aliphatic rings. The minimum atomic E-state index is -3.68. The second-order valence-electron chi connectivity index (χ2n) is 5.08. The van der Waals surface area contributed by atoms with Gasteiger partial charge in [0.2, 0.25) is 15.9 Å². The smallest absolute Gasteiger partial charge is 0.321 e. The number of hydrogen-bond donors (Lipinski definition) is 4. The van der Waals surface area contributed by atoms with Crippen molar-refractivity contribution >= 4 is 27.9 Å². The van der Waals surface area contributed by atoms with Crippen LogP contribution in [0.2, 0.25) is 0 Å². The molecule has 10 heteroatoms. The molecule has 116 valence electrons. The number of rotatable bonds is 7. The number of carboxylic acid groups (broad SMARTS) is 1. The normalized spacial score (nSPS) is 11.8. The molecule has 0 aliphatic heterocycles. The standard InChI is InChI=1S/C10H19N3O6S/c1-10(2,6-8(15)16)5-7(14)13-9(17)12-3-4-20(11,18)19/h3-6H2,1-2H3,(H,15,16)(H2,11,18,19)(H2,12,13,14,17). The van der Waals surface area contributed by atoms with Gasteiger partial charge in [-0.05, 0) is 5.41 Å². The lowest BCUT2D eigenvalue weighted by Crippen LogP contribution is -2.43. The number of nitrogens with one attached hydrogen (secondary N) is 2. The van der Waals surface area contributed by atoms with Crippen LogP contribution in [-0.2, 0) is 19.6 Å². The molecule has 0 aromatic carbocycles. The average Bonchev–Trinajstić information content (AvgIpc) is 2.10. The number of sulfonamides is 1. The molecule has 0 saturated heterocycles. The fraction of sp³-hybridized carbons (Fsp3) is 0.700. The van der Waals surface area contributed by atoms with E-state index in [1.165, 1.54) is 0 Å². The fourth-order valence-electron chi connectivity index (χ4n) is 1.43. The molecule has 0 rings (SSSR count). The van der Waals surface area contributed by atoms with Crippen molar-refractivity contribution in [2.75, 3.05) is 12.3 Å². The minimum Gasteiger partial charge on any atom is -0.481 e. The van der Waals surface area contributed by atoms with E-state index in [0.29, 0.717) is 0 Å². The molecule has 0 spiro atoms. The van der Waals surface area contributed by atoms with Gasteiger partial charge < -0.3 is 10.4 Å². The maximum atomic E-state index is 11.5. The predicted molar refractivity (Wildman–Crippen MR) is 70.2 cm³/mol. The molecule has 0 aromatic heterocycles. The molecular formula is C10H19N3O6S. The summed E-state index contributed by atoms with van der Waals surface area (Å²) >= 11 is 0. The van der Waals surface area contributed by atoms with Crippen LogP contribution in [0.25, 0.3) is 0 Å². The van der Waals surface area contributed by atoms with Gasteiger partial charge in [0, 0.05) is 13.0 Å². The number of primary sulfonamides is 1. The highest BCUT2D eigenvalue weighted by Crippen LogP contribution is 2.24. The van der Waals surface area contributed by atoms with Gasteiger partial charge in [0.25, 0.3) is 0 Å². The van der Waals surface area contributed by atoms with Crippen LogP contribution < -0.4 is 15.8 Å². The molecule has 9 nitrogen and oxygen atoms in total. The summed E-state index contributed by atoms with van der Waals surface area (Å²) in [7, 11) is -3.68. The summed E-state index contributed by atoms with van der Waals surface area (Å²) in [6.07, 6.45) is -0.366. The second-order valence-corrected chi connectivity index (χ2v) is 6.82. The molecule has 5 N–H and O–H groups in total. The van der Waals surface area contributed by atoms with Gasteiger partial charge in [0.15, 0.2) is 0 Å². The van der Waals surface area contributed by atoms with E-state index in [0.717, 1.165) is 0 Å². The van der Waals surface area contributed by atoms with Crippen LogP contribution in [-0.4, -0.2) is 43.7 Å². The van der Waals surface area contributed by atoms with Crippen molar-refractivity contribution in [2.24, 2.45) is 10.6 Å². The van der Waals surface area contributed by atoms with Crippen LogP contribution >= 0.6 is 0 Å². The summed E-state index contributed by atoms with van der Waals surface area (Å²) in [4.78, 5) is 33.3. The monoisotopic (exact) mass is 309 g/mol. The second kappa shape index (κ2) is 7.20. The van der Waals surface area contributed by atoms with Crippen LogP contribution in [0.15, 0.2) is 0 Å². The van der Waals surface area contributed by atoms with Crippen molar-refractivity contribution in [3.05, 3.63) is 0 Å². The Balaban J connectivity index is 4.14. The highest BCUT2D eigenvalue weighted by Gasteiger charge is 2.25. The van der Waals surface area contributed by atoms with Crippen molar-refractivity contribution in [3.8, 4) is 0 Å². The zero-order valence-electron chi connectivity index (χ0n) is 11.3. The fourth-order valence-corrected chi connectivity index (χ4v) is 1.81. The lowest BCUT2D eigenvalue weighted by atomic mass is 9.85. The van der Waals surface area contributed by atoms with E-state index in [4.69, 9.17) is 10.2 Å². The Labute approximate surface area is 117 Å². The van der Waals surface area contributed by atoms with Crippen molar-refractivity contribution in [2.45, 2.75) is 26.7 Å². The third-order valence-electron chi connectivity index (χ3n) is 2.19. The highest BCUT2D eigenvalue weighted by molar-refractivity contribution is 7.89. The Morgan fingerprint density at radius 1 is 1.20 bits per heavy atom. The summed E-state index contributed by atoms with van der Waals surface area (Å²) in [5.41, 5.74) is -0.795. The SMILES string of the molecule is CC(C)(CC(=O)O)CC(=O)NC(=O)NCCS(N)(=O)=O. The molecule has 0 atom stereocenters. The lowest BCUT2D eigenvalue weighted by molar-refractivity contribution is -0.139. The molecule has 20 heavy (non-hydrogen) atoms. The van der Waals surface area contributed by atoms with Crippen molar-refractivity contribution < 1.29 is 27.9 Å². The topological polar surface area (TPSA) is 156 Å². The quantitative estimate of drug-likeness (QED) is 0.472. The number of carbonyl (C=O) groups excluding carboxylic acids is 2. The Hall–Kier alpha value is -1.68. The Bertz CT molecular complexity index is 485. The molecule has 0 unspecified atom stereocenters. The number of amides is 3. The Morgan fingerprint density at radius 3 is 2.20 bits per heavy atom. The highest BCUT2D eigenvalue weighted by atomic mass is 32.2. The maximum absolute atomic E-state index is 11.5. The summed E-state index contributed by atoms with van der Waals surface area (Å²) in [6.45, 7) is 2.94. The number of aliphatic carboxylic acids is 1. The third kappa shape index (κ3) is 10.3. The molecule has 0 heterocycles. The first-order valence-corrected chi connectivity index (χ1v) is 7.43. The Kier molecular flexibility index (Phi) is 6.59. The number of urea groups is 1. The molecule has 0 saturated carbocycles. The zero-order valence-corrected chi connectivity index (χ0v) is 12.1. The third-order valence-corrected chi connectivity index (χ3v) is 2.97. The van der Waals surface area contributed by atoms with E-state index in [1.807, 2.05) is 5.32 Å². The molecule has 0 aliphatic carbocycles. The van der Waals surface area contributed by atoms with Gasteiger partial charge in [0.05, 0.1) is 12.2 Å². The van der Waals surface area contributed by atoms with Crippen molar-refractivity contribution in [3.63, 3.8) is 0 Å². The summed E-state index contributed by atoms with van der Waals surface area (Å²) in [5, 5.41) is 17.5. The number of carboxylic acids is 1. The minimum absolute atomic E-state index is 0.151. The summed E-state index contributed by atoms with van der Waals surface area (Å²) < 4.78 is 21.2. The molecule has 3 amide bonds. The Morgan fingerprint density at radius 2 is 1.75 bits per heavy atom. The van der Waals surface area contributed by atoms with E-state index < -0.39 is 39.1 Å². The van der Waals surface area contributed by atoms with Crippen molar-refractivity contribution in [1.29, 1.82) is 0 Å².